The van der Waals surface area contributed by atoms with E-state index < -0.39 is 0 Å². The molecule has 2 fully saturated rings. The van der Waals surface area contributed by atoms with Gasteiger partial charge < -0.3 is 24.8 Å². The lowest BCUT2D eigenvalue weighted by molar-refractivity contribution is 0.0169. The van der Waals surface area contributed by atoms with Gasteiger partial charge in [0, 0.05) is 59.7 Å². The summed E-state index contributed by atoms with van der Waals surface area (Å²) in [6.07, 6.45) is 3.12. The maximum Gasteiger partial charge on any atom is 0.191 e. The summed E-state index contributed by atoms with van der Waals surface area (Å²) in [7, 11) is 1.77. The molecule has 2 heterocycles. The van der Waals surface area contributed by atoms with Crippen molar-refractivity contribution < 1.29 is 18.6 Å². The van der Waals surface area contributed by atoms with E-state index >= 15 is 0 Å². The lowest BCUT2D eigenvalue weighted by atomic mass is 10.0. The minimum Gasteiger partial charge on any atom is -0.381 e. The Kier molecular flexibility index (Phi) is 10.5. The quantitative estimate of drug-likeness (QED) is 0.333. The van der Waals surface area contributed by atoms with Gasteiger partial charge in [0.05, 0.1) is 19.3 Å². The molecule has 2 N–H and O–H groups in total. The van der Waals surface area contributed by atoms with Gasteiger partial charge in [-0.1, -0.05) is 12.1 Å². The van der Waals surface area contributed by atoms with Gasteiger partial charge in [-0.15, -0.1) is 0 Å². The van der Waals surface area contributed by atoms with Gasteiger partial charge >= 0.3 is 0 Å². The smallest absolute Gasteiger partial charge is 0.191 e. The van der Waals surface area contributed by atoms with Gasteiger partial charge in [0.1, 0.15) is 5.82 Å². The van der Waals surface area contributed by atoms with E-state index in [0.29, 0.717) is 25.7 Å². The van der Waals surface area contributed by atoms with Crippen LogP contribution in [0.3, 0.4) is 0 Å². The van der Waals surface area contributed by atoms with Crippen molar-refractivity contribution in [2.75, 3.05) is 72.9 Å². The number of nitrogens with one attached hydrogen (secondary N) is 2. The van der Waals surface area contributed by atoms with Gasteiger partial charge in [0.2, 0.25) is 0 Å². The Morgan fingerprint density at radius 2 is 1.97 bits per heavy atom. The first-order valence-electron chi connectivity index (χ1n) is 11.4. The fourth-order valence-corrected chi connectivity index (χ4v) is 4.02. The maximum atomic E-state index is 13.8. The van der Waals surface area contributed by atoms with E-state index in [1.165, 1.54) is 6.07 Å². The van der Waals surface area contributed by atoms with Crippen LogP contribution >= 0.6 is 0 Å². The van der Waals surface area contributed by atoms with Crippen LogP contribution in [0.4, 0.5) is 4.39 Å². The summed E-state index contributed by atoms with van der Waals surface area (Å²) >= 11 is 0. The predicted octanol–water partition coefficient (Wildman–Crippen LogP) is 2.20. The number of guanidine groups is 1. The summed E-state index contributed by atoms with van der Waals surface area (Å²) in [6, 6.07) is 6.91. The average Bonchev–Trinajstić information content (AvgIpc) is 2.81. The van der Waals surface area contributed by atoms with Gasteiger partial charge in [-0.25, -0.2) is 4.39 Å². The fraction of sp³-hybridized carbons (Fsp3) is 0.696. The van der Waals surface area contributed by atoms with Crippen LogP contribution in [0.25, 0.3) is 0 Å². The van der Waals surface area contributed by atoms with Crippen molar-refractivity contribution in [3.63, 3.8) is 0 Å². The molecule has 1 unspecified atom stereocenters. The minimum atomic E-state index is -0.209. The van der Waals surface area contributed by atoms with Gasteiger partial charge in [-0.2, -0.15) is 0 Å². The zero-order valence-corrected chi connectivity index (χ0v) is 18.7. The van der Waals surface area contributed by atoms with E-state index in [9.17, 15) is 4.39 Å². The van der Waals surface area contributed by atoms with Crippen LogP contribution in [0.1, 0.15) is 30.9 Å². The zero-order chi connectivity index (χ0) is 21.7. The Hall–Kier alpha value is -1.74. The lowest BCUT2D eigenvalue weighted by Gasteiger charge is -2.35. The highest BCUT2D eigenvalue weighted by atomic mass is 19.1. The number of hydrogen-bond donors (Lipinski definition) is 2. The van der Waals surface area contributed by atoms with Crippen molar-refractivity contribution in [1.29, 1.82) is 0 Å². The van der Waals surface area contributed by atoms with Crippen LogP contribution < -0.4 is 10.6 Å². The number of ether oxygens (including phenoxy) is 3. The van der Waals surface area contributed by atoms with Crippen molar-refractivity contribution >= 4 is 5.96 Å². The summed E-state index contributed by atoms with van der Waals surface area (Å²) in [5.41, 5.74) is 0.964. The van der Waals surface area contributed by atoms with Gasteiger partial charge in [0.15, 0.2) is 5.96 Å². The number of hydrogen-bond acceptors (Lipinski definition) is 5. The Morgan fingerprint density at radius 1 is 1.19 bits per heavy atom. The summed E-state index contributed by atoms with van der Waals surface area (Å²) in [4.78, 5) is 6.67. The van der Waals surface area contributed by atoms with E-state index in [-0.39, 0.29) is 11.9 Å². The van der Waals surface area contributed by atoms with E-state index in [2.05, 4.69) is 20.5 Å². The SMILES string of the molecule is CN=C(NCCCOCC1CCOCC1)NCC(c1cccc(F)c1)N1CCOCC1. The number of morpholine rings is 1. The van der Waals surface area contributed by atoms with Crippen LogP contribution in [-0.2, 0) is 14.2 Å². The first-order valence-corrected chi connectivity index (χ1v) is 11.4. The zero-order valence-electron chi connectivity index (χ0n) is 18.7. The normalized spacial score (nSPS) is 19.9. The van der Waals surface area contributed by atoms with Crippen molar-refractivity contribution in [3.05, 3.63) is 35.6 Å². The first kappa shape index (κ1) is 23.9. The minimum absolute atomic E-state index is 0.0564. The number of aliphatic imine (C=N–C) groups is 1. The molecule has 0 radical (unpaired) electrons. The molecular formula is C23H37FN4O3. The second-order valence-electron chi connectivity index (χ2n) is 8.08. The summed E-state index contributed by atoms with van der Waals surface area (Å²) in [5.74, 6) is 1.18. The van der Waals surface area contributed by atoms with Gasteiger partial charge in [-0.3, -0.25) is 9.89 Å². The van der Waals surface area contributed by atoms with E-state index in [1.807, 2.05) is 6.07 Å². The molecule has 3 rings (SSSR count). The fourth-order valence-electron chi connectivity index (χ4n) is 4.02. The molecule has 0 amide bonds. The van der Waals surface area contributed by atoms with Crippen LogP contribution in [0.2, 0.25) is 0 Å². The summed E-state index contributed by atoms with van der Waals surface area (Å²) in [6.45, 7) is 7.78. The Morgan fingerprint density at radius 3 is 2.71 bits per heavy atom. The predicted molar refractivity (Wildman–Crippen MR) is 120 cm³/mol. The molecule has 8 heteroatoms. The summed E-state index contributed by atoms with van der Waals surface area (Å²) < 4.78 is 30.5. The molecule has 0 saturated carbocycles. The van der Waals surface area contributed by atoms with Crippen molar-refractivity contribution in [2.45, 2.75) is 25.3 Å². The second-order valence-corrected chi connectivity index (χ2v) is 8.08. The molecular weight excluding hydrogens is 399 g/mol. The van der Waals surface area contributed by atoms with E-state index in [0.717, 1.165) is 76.8 Å². The third-order valence-corrected chi connectivity index (χ3v) is 5.86. The van der Waals surface area contributed by atoms with Crippen LogP contribution in [0.5, 0.6) is 0 Å². The topological polar surface area (TPSA) is 67.4 Å². The third-order valence-electron chi connectivity index (χ3n) is 5.86. The molecule has 0 aromatic heterocycles. The van der Waals surface area contributed by atoms with Crippen molar-refractivity contribution in [2.24, 2.45) is 10.9 Å². The summed E-state index contributed by atoms with van der Waals surface area (Å²) in [5, 5.41) is 6.76. The average molecular weight is 437 g/mol. The standard InChI is InChI=1S/C23H37FN4O3/c1-25-23(26-8-3-11-31-18-19-6-12-29-13-7-19)27-17-22(28-9-14-30-15-10-28)20-4-2-5-21(24)16-20/h2,4-5,16,19,22H,3,6-15,17-18H2,1H3,(H2,25,26,27). The molecule has 2 aliphatic heterocycles. The van der Waals surface area contributed by atoms with E-state index in [1.54, 1.807) is 19.2 Å². The van der Waals surface area contributed by atoms with Gasteiger partial charge in [-0.05, 0) is 42.9 Å². The third kappa shape index (κ3) is 8.37. The van der Waals surface area contributed by atoms with Crippen molar-refractivity contribution in [3.8, 4) is 0 Å². The second kappa shape index (κ2) is 13.6. The molecule has 0 bridgehead atoms. The molecule has 1 aromatic rings. The van der Waals surface area contributed by atoms with E-state index in [4.69, 9.17) is 14.2 Å². The molecule has 1 aromatic carbocycles. The number of rotatable bonds is 10. The number of halogens is 1. The highest BCUT2D eigenvalue weighted by molar-refractivity contribution is 5.79. The Bertz CT molecular complexity index is 664. The number of nitrogens with zero attached hydrogens (tertiary/aromatic N) is 2. The first-order chi connectivity index (χ1) is 15.3. The largest absolute Gasteiger partial charge is 0.381 e. The van der Waals surface area contributed by atoms with Gasteiger partial charge in [0.25, 0.3) is 0 Å². The number of benzene rings is 1. The highest BCUT2D eigenvalue weighted by Crippen LogP contribution is 2.22. The maximum absolute atomic E-state index is 13.8. The Labute approximate surface area is 185 Å². The van der Waals surface area contributed by atoms with Crippen LogP contribution in [0.15, 0.2) is 29.3 Å². The monoisotopic (exact) mass is 436 g/mol. The van der Waals surface area contributed by atoms with Crippen LogP contribution in [-0.4, -0.2) is 83.7 Å². The molecule has 2 saturated heterocycles. The molecule has 174 valence electrons. The highest BCUT2D eigenvalue weighted by Gasteiger charge is 2.23. The van der Waals surface area contributed by atoms with Crippen LogP contribution in [0, 0.1) is 11.7 Å². The lowest BCUT2D eigenvalue weighted by Crippen LogP contribution is -2.46. The molecule has 2 aliphatic rings. The molecule has 0 spiro atoms. The molecule has 1 atom stereocenters. The molecule has 7 nitrogen and oxygen atoms in total. The molecule has 31 heavy (non-hydrogen) atoms. The Balaban J connectivity index is 1.40. The van der Waals surface area contributed by atoms with Crippen molar-refractivity contribution in [1.82, 2.24) is 15.5 Å². The molecule has 0 aliphatic carbocycles.